The molecular formula is C16H19N3O4. The molecule has 0 radical (unpaired) electrons. The van der Waals surface area contributed by atoms with Gasteiger partial charge in [0.1, 0.15) is 5.56 Å². The molecule has 1 heterocycles. The number of aliphatic imine (C=N–C) groups is 1. The maximum Gasteiger partial charge on any atom is 0.335 e. The van der Waals surface area contributed by atoms with Gasteiger partial charge in [-0.05, 0) is 32.4 Å². The Morgan fingerprint density at radius 3 is 2.52 bits per heavy atom. The van der Waals surface area contributed by atoms with Crippen molar-refractivity contribution in [3.05, 3.63) is 56.2 Å². The predicted molar refractivity (Wildman–Crippen MR) is 87.8 cm³/mol. The van der Waals surface area contributed by atoms with E-state index < -0.39 is 17.1 Å². The third-order valence-electron chi connectivity index (χ3n) is 3.41. The molecule has 1 aromatic heterocycles. The van der Waals surface area contributed by atoms with E-state index >= 15 is 0 Å². The Bertz CT molecular complexity index is 832. The zero-order chi connectivity index (χ0) is 17.0. The number of nitrogens with zero attached hydrogens (tertiary/aromatic N) is 2. The predicted octanol–water partition coefficient (Wildman–Crippen LogP) is 0.731. The van der Waals surface area contributed by atoms with Gasteiger partial charge in [0.25, 0.3) is 5.56 Å². The van der Waals surface area contributed by atoms with Gasteiger partial charge in [0.05, 0.1) is 5.69 Å². The Morgan fingerprint density at radius 1 is 1.26 bits per heavy atom. The van der Waals surface area contributed by atoms with Crippen molar-refractivity contribution in [1.82, 2.24) is 9.55 Å². The van der Waals surface area contributed by atoms with Crippen molar-refractivity contribution < 1.29 is 10.2 Å². The largest absolute Gasteiger partial charge is 0.493 e. The highest BCUT2D eigenvalue weighted by Crippen LogP contribution is 2.17. The Labute approximate surface area is 132 Å². The third kappa shape index (κ3) is 3.57. The molecule has 0 unspecified atom stereocenters. The van der Waals surface area contributed by atoms with E-state index in [2.05, 4.69) is 9.98 Å². The average molecular weight is 317 g/mol. The summed E-state index contributed by atoms with van der Waals surface area (Å²) in [5, 5.41) is 19.2. The quantitative estimate of drug-likeness (QED) is 0.558. The number of aliphatic hydroxyl groups is 1. The maximum absolute atomic E-state index is 12.1. The second kappa shape index (κ2) is 7.06. The van der Waals surface area contributed by atoms with Gasteiger partial charge in [-0.1, -0.05) is 17.7 Å². The lowest BCUT2D eigenvalue weighted by molar-refractivity contribution is 0.291. The average Bonchev–Trinajstić information content (AvgIpc) is 2.49. The van der Waals surface area contributed by atoms with E-state index in [1.807, 2.05) is 6.92 Å². The van der Waals surface area contributed by atoms with E-state index in [0.29, 0.717) is 24.4 Å². The standard InChI is InChI=1S/C16H19N3O4/c1-10-4-6-12(7-5-10)19-15(22)13(14(21)18-16(19)23)11(2)17-8-3-9-20/h4-7,20,22H,3,8-9H2,1-2H3,(H,18,21,23). The summed E-state index contributed by atoms with van der Waals surface area (Å²) < 4.78 is 1.03. The lowest BCUT2D eigenvalue weighted by Crippen LogP contribution is -2.32. The zero-order valence-electron chi connectivity index (χ0n) is 13.0. The van der Waals surface area contributed by atoms with Crippen LogP contribution in [0.4, 0.5) is 0 Å². The molecule has 0 spiro atoms. The first-order valence-electron chi connectivity index (χ1n) is 7.23. The molecule has 0 saturated heterocycles. The van der Waals surface area contributed by atoms with Crippen LogP contribution in [0.25, 0.3) is 5.69 Å². The van der Waals surface area contributed by atoms with Crippen LogP contribution < -0.4 is 11.2 Å². The molecule has 3 N–H and O–H groups in total. The highest BCUT2D eigenvalue weighted by atomic mass is 16.3. The molecule has 0 aliphatic carbocycles. The lowest BCUT2D eigenvalue weighted by atomic mass is 10.2. The van der Waals surface area contributed by atoms with Crippen LogP contribution >= 0.6 is 0 Å². The van der Waals surface area contributed by atoms with Crippen LogP contribution in [0.2, 0.25) is 0 Å². The van der Waals surface area contributed by atoms with E-state index in [9.17, 15) is 14.7 Å². The Kier molecular flexibility index (Phi) is 5.13. The molecule has 122 valence electrons. The van der Waals surface area contributed by atoms with Gasteiger partial charge in [0, 0.05) is 18.9 Å². The van der Waals surface area contributed by atoms with Crippen molar-refractivity contribution in [2.45, 2.75) is 20.3 Å². The third-order valence-corrected chi connectivity index (χ3v) is 3.41. The molecule has 7 heteroatoms. The number of aromatic nitrogens is 2. The van der Waals surface area contributed by atoms with Crippen LogP contribution in [-0.2, 0) is 0 Å². The second-order valence-corrected chi connectivity index (χ2v) is 5.17. The van der Waals surface area contributed by atoms with Gasteiger partial charge in [-0.3, -0.25) is 14.8 Å². The molecule has 0 bridgehead atoms. The molecule has 0 aliphatic heterocycles. The molecule has 2 rings (SSSR count). The summed E-state index contributed by atoms with van der Waals surface area (Å²) in [6, 6.07) is 6.95. The number of rotatable bonds is 5. The number of aliphatic hydroxyl groups excluding tert-OH is 1. The van der Waals surface area contributed by atoms with Crippen molar-refractivity contribution in [3.63, 3.8) is 0 Å². The summed E-state index contributed by atoms with van der Waals surface area (Å²) in [6.45, 7) is 3.79. The number of hydrogen-bond acceptors (Lipinski definition) is 5. The highest BCUT2D eigenvalue weighted by Gasteiger charge is 2.17. The fraction of sp³-hybridized carbons (Fsp3) is 0.312. The minimum absolute atomic E-state index is 0.0119. The smallest absolute Gasteiger partial charge is 0.335 e. The van der Waals surface area contributed by atoms with Crippen molar-refractivity contribution in [1.29, 1.82) is 0 Å². The number of aromatic amines is 1. The van der Waals surface area contributed by atoms with Gasteiger partial charge in [0.15, 0.2) is 0 Å². The minimum atomic E-state index is -0.719. The van der Waals surface area contributed by atoms with E-state index in [1.54, 1.807) is 31.2 Å². The van der Waals surface area contributed by atoms with Crippen LogP contribution in [0, 0.1) is 6.92 Å². The second-order valence-electron chi connectivity index (χ2n) is 5.17. The van der Waals surface area contributed by atoms with Gasteiger partial charge in [-0.25, -0.2) is 9.36 Å². The molecule has 0 saturated carbocycles. The van der Waals surface area contributed by atoms with E-state index in [4.69, 9.17) is 5.11 Å². The first-order valence-corrected chi connectivity index (χ1v) is 7.23. The number of benzene rings is 1. The Morgan fingerprint density at radius 2 is 1.91 bits per heavy atom. The summed E-state index contributed by atoms with van der Waals surface area (Å²) in [5.74, 6) is -0.451. The molecule has 0 atom stereocenters. The molecule has 23 heavy (non-hydrogen) atoms. The highest BCUT2D eigenvalue weighted by molar-refractivity contribution is 6.00. The molecule has 1 aromatic carbocycles. The maximum atomic E-state index is 12.1. The first kappa shape index (κ1) is 16.7. The van der Waals surface area contributed by atoms with Crippen LogP contribution in [0.5, 0.6) is 5.88 Å². The molecule has 0 amide bonds. The monoisotopic (exact) mass is 317 g/mol. The first-order chi connectivity index (χ1) is 11.0. The van der Waals surface area contributed by atoms with Crippen molar-refractivity contribution >= 4 is 5.71 Å². The topological polar surface area (TPSA) is 108 Å². The summed E-state index contributed by atoms with van der Waals surface area (Å²) in [7, 11) is 0. The van der Waals surface area contributed by atoms with Gasteiger partial charge >= 0.3 is 5.69 Å². The minimum Gasteiger partial charge on any atom is -0.493 e. The molecular weight excluding hydrogens is 298 g/mol. The molecule has 0 fully saturated rings. The van der Waals surface area contributed by atoms with Crippen LogP contribution in [0.3, 0.4) is 0 Å². The van der Waals surface area contributed by atoms with Gasteiger partial charge in [-0.2, -0.15) is 0 Å². The molecule has 0 aliphatic rings. The van der Waals surface area contributed by atoms with Crippen LogP contribution in [-0.4, -0.2) is 38.6 Å². The fourth-order valence-corrected chi connectivity index (χ4v) is 2.18. The Balaban J connectivity index is 2.60. The molecule has 2 aromatic rings. The summed E-state index contributed by atoms with van der Waals surface area (Å²) in [5.41, 5.74) is 0.289. The SMILES string of the molecule is CC(=NCCCO)c1c(O)n(-c2ccc(C)cc2)c(=O)[nH]c1=O. The van der Waals surface area contributed by atoms with Crippen molar-refractivity contribution in [2.24, 2.45) is 4.99 Å². The Hall–Kier alpha value is -2.67. The summed E-state index contributed by atoms with van der Waals surface area (Å²) in [6.07, 6.45) is 0.452. The van der Waals surface area contributed by atoms with Gasteiger partial charge < -0.3 is 10.2 Å². The van der Waals surface area contributed by atoms with Gasteiger partial charge in [0.2, 0.25) is 5.88 Å². The van der Waals surface area contributed by atoms with Crippen LogP contribution in [0.1, 0.15) is 24.5 Å². The van der Waals surface area contributed by atoms with Crippen LogP contribution in [0.15, 0.2) is 38.8 Å². The number of aryl methyl sites for hydroxylation is 1. The number of aromatic hydroxyl groups is 1. The van der Waals surface area contributed by atoms with E-state index in [0.717, 1.165) is 10.1 Å². The summed E-state index contributed by atoms with van der Waals surface area (Å²) in [4.78, 5) is 30.4. The zero-order valence-corrected chi connectivity index (χ0v) is 13.0. The van der Waals surface area contributed by atoms with Crippen molar-refractivity contribution in [3.8, 4) is 11.6 Å². The van der Waals surface area contributed by atoms with E-state index in [1.165, 1.54) is 0 Å². The van der Waals surface area contributed by atoms with Gasteiger partial charge in [-0.15, -0.1) is 0 Å². The number of hydrogen-bond donors (Lipinski definition) is 3. The molecule has 7 nitrogen and oxygen atoms in total. The van der Waals surface area contributed by atoms with E-state index in [-0.39, 0.29) is 12.2 Å². The fourth-order valence-electron chi connectivity index (χ4n) is 2.18. The van der Waals surface area contributed by atoms with Crippen molar-refractivity contribution in [2.75, 3.05) is 13.2 Å². The number of H-pyrrole nitrogens is 1. The summed E-state index contributed by atoms with van der Waals surface area (Å²) >= 11 is 0. The lowest BCUT2D eigenvalue weighted by Gasteiger charge is -2.11. The normalized spacial score (nSPS) is 11.7. The number of nitrogens with one attached hydrogen (secondary N) is 1.